The Kier molecular flexibility index (Phi) is 3.90. The highest BCUT2D eigenvalue weighted by atomic mass is 19.1. The number of ether oxygens (including phenoxy) is 1. The number of phenolic OH excluding ortho intramolecular Hbond substituents is 1. The maximum Gasteiger partial charge on any atom is 0.160 e. The zero-order chi connectivity index (χ0) is 13.8. The predicted molar refractivity (Wildman–Crippen MR) is 73.1 cm³/mol. The molecule has 0 aliphatic heterocycles. The quantitative estimate of drug-likeness (QED) is 0.885. The van der Waals surface area contributed by atoms with Crippen molar-refractivity contribution in [3.05, 3.63) is 53.3 Å². The van der Waals surface area contributed by atoms with E-state index in [-0.39, 0.29) is 11.6 Å². The number of aryl methyl sites for hydroxylation is 1. The molecule has 0 heterocycles. The number of halogens is 1. The lowest BCUT2D eigenvalue weighted by atomic mass is 10.2. The molecular weight excluding hydrogens is 245 g/mol. The van der Waals surface area contributed by atoms with Gasteiger partial charge in [0.2, 0.25) is 0 Å². The van der Waals surface area contributed by atoms with Crippen LogP contribution < -0.4 is 10.1 Å². The van der Waals surface area contributed by atoms with E-state index in [1.54, 1.807) is 25.1 Å². The van der Waals surface area contributed by atoms with Crippen LogP contribution in [0.1, 0.15) is 11.1 Å². The Bertz CT molecular complexity index is 584. The van der Waals surface area contributed by atoms with E-state index in [4.69, 9.17) is 4.74 Å². The predicted octanol–water partition coefficient (Wildman–Crippen LogP) is 3.46. The number of phenols is 1. The Labute approximate surface area is 111 Å². The van der Waals surface area contributed by atoms with E-state index in [0.29, 0.717) is 23.5 Å². The summed E-state index contributed by atoms with van der Waals surface area (Å²) < 4.78 is 18.3. The second-order valence-electron chi connectivity index (χ2n) is 4.32. The van der Waals surface area contributed by atoms with Crippen LogP contribution in [0.3, 0.4) is 0 Å². The molecule has 2 rings (SSSR count). The lowest BCUT2D eigenvalue weighted by Crippen LogP contribution is -2.00. The summed E-state index contributed by atoms with van der Waals surface area (Å²) in [5, 5.41) is 12.8. The number of nitrogens with one attached hydrogen (secondary N) is 1. The van der Waals surface area contributed by atoms with Crippen LogP contribution in [0.2, 0.25) is 0 Å². The van der Waals surface area contributed by atoms with Crippen LogP contribution in [-0.4, -0.2) is 12.2 Å². The topological polar surface area (TPSA) is 41.5 Å². The molecule has 4 heteroatoms. The average Bonchev–Trinajstić information content (AvgIpc) is 2.40. The molecule has 0 radical (unpaired) electrons. The van der Waals surface area contributed by atoms with E-state index < -0.39 is 0 Å². The third kappa shape index (κ3) is 3.16. The first-order chi connectivity index (χ1) is 9.10. The minimum atomic E-state index is -0.234. The SMILES string of the molecule is COc1ccc(CNc2ccc(C)c(F)c2)cc1O. The number of aromatic hydroxyl groups is 1. The maximum atomic E-state index is 13.4. The Balaban J connectivity index is 2.05. The summed E-state index contributed by atoms with van der Waals surface area (Å²) in [5.41, 5.74) is 2.21. The fraction of sp³-hybridized carbons (Fsp3) is 0.200. The molecular formula is C15H16FNO2. The molecule has 3 nitrogen and oxygen atoms in total. The number of hydrogen-bond donors (Lipinski definition) is 2. The first-order valence-electron chi connectivity index (χ1n) is 5.96. The van der Waals surface area contributed by atoms with Crippen LogP contribution in [0.25, 0.3) is 0 Å². The first-order valence-corrected chi connectivity index (χ1v) is 5.96. The van der Waals surface area contributed by atoms with Crippen LogP contribution in [-0.2, 0) is 6.54 Å². The molecule has 0 saturated carbocycles. The van der Waals surface area contributed by atoms with Gasteiger partial charge in [-0.1, -0.05) is 12.1 Å². The van der Waals surface area contributed by atoms with Crippen molar-refractivity contribution >= 4 is 5.69 Å². The van der Waals surface area contributed by atoms with Crippen LogP contribution in [0.15, 0.2) is 36.4 Å². The van der Waals surface area contributed by atoms with Crippen LogP contribution in [0, 0.1) is 12.7 Å². The summed E-state index contributed by atoms with van der Waals surface area (Å²) in [6.45, 7) is 2.22. The lowest BCUT2D eigenvalue weighted by molar-refractivity contribution is 0.373. The molecule has 2 aromatic carbocycles. The van der Waals surface area contributed by atoms with E-state index in [1.165, 1.54) is 13.2 Å². The molecule has 100 valence electrons. The molecule has 0 aliphatic carbocycles. The monoisotopic (exact) mass is 261 g/mol. The molecule has 0 spiro atoms. The number of benzene rings is 2. The highest BCUT2D eigenvalue weighted by Gasteiger charge is 2.03. The van der Waals surface area contributed by atoms with Crippen molar-refractivity contribution in [3.63, 3.8) is 0 Å². The number of anilines is 1. The highest BCUT2D eigenvalue weighted by molar-refractivity contribution is 5.47. The number of hydrogen-bond acceptors (Lipinski definition) is 3. The standard InChI is InChI=1S/C15H16FNO2/c1-10-3-5-12(8-13(10)16)17-9-11-4-6-15(19-2)14(18)7-11/h3-8,17-18H,9H2,1-2H3. The Morgan fingerprint density at radius 1 is 1.21 bits per heavy atom. The molecule has 0 aromatic heterocycles. The van der Waals surface area contributed by atoms with Gasteiger partial charge in [-0.25, -0.2) is 4.39 Å². The Morgan fingerprint density at radius 3 is 2.63 bits per heavy atom. The van der Waals surface area contributed by atoms with E-state index in [9.17, 15) is 9.50 Å². The van der Waals surface area contributed by atoms with Crippen LogP contribution in [0.4, 0.5) is 10.1 Å². The largest absolute Gasteiger partial charge is 0.504 e. The van der Waals surface area contributed by atoms with Gasteiger partial charge in [0.05, 0.1) is 7.11 Å². The molecule has 0 atom stereocenters. The van der Waals surface area contributed by atoms with Crippen molar-refractivity contribution in [2.45, 2.75) is 13.5 Å². The molecule has 2 aromatic rings. The molecule has 0 aliphatic rings. The molecule has 0 bridgehead atoms. The Hall–Kier alpha value is -2.23. The van der Waals surface area contributed by atoms with Gasteiger partial charge in [-0.15, -0.1) is 0 Å². The van der Waals surface area contributed by atoms with E-state index in [0.717, 1.165) is 5.56 Å². The van der Waals surface area contributed by atoms with Crippen molar-refractivity contribution in [2.24, 2.45) is 0 Å². The first kappa shape index (κ1) is 13.2. The average molecular weight is 261 g/mol. The minimum absolute atomic E-state index is 0.0943. The summed E-state index contributed by atoms with van der Waals surface area (Å²) in [7, 11) is 1.50. The molecule has 2 N–H and O–H groups in total. The summed E-state index contributed by atoms with van der Waals surface area (Å²) in [5.74, 6) is 0.296. The zero-order valence-corrected chi connectivity index (χ0v) is 10.9. The van der Waals surface area contributed by atoms with Crippen LogP contribution in [0.5, 0.6) is 11.5 Å². The second kappa shape index (κ2) is 5.61. The molecule has 0 unspecified atom stereocenters. The fourth-order valence-corrected chi connectivity index (χ4v) is 1.75. The van der Waals surface area contributed by atoms with Crippen LogP contribution >= 0.6 is 0 Å². The maximum absolute atomic E-state index is 13.4. The highest BCUT2D eigenvalue weighted by Crippen LogP contribution is 2.26. The molecule has 0 fully saturated rings. The Morgan fingerprint density at radius 2 is 2.00 bits per heavy atom. The van der Waals surface area contributed by atoms with E-state index >= 15 is 0 Å². The van der Waals surface area contributed by atoms with Gasteiger partial charge in [0.1, 0.15) is 5.82 Å². The third-order valence-electron chi connectivity index (χ3n) is 2.91. The normalized spacial score (nSPS) is 10.3. The van der Waals surface area contributed by atoms with Crippen molar-refractivity contribution in [3.8, 4) is 11.5 Å². The van der Waals surface area contributed by atoms with Gasteiger partial charge >= 0.3 is 0 Å². The van der Waals surface area contributed by atoms with Gasteiger partial charge in [0, 0.05) is 12.2 Å². The smallest absolute Gasteiger partial charge is 0.160 e. The molecule has 0 saturated heterocycles. The summed E-state index contributed by atoms with van der Waals surface area (Å²) in [6.07, 6.45) is 0. The molecule has 0 amide bonds. The van der Waals surface area contributed by atoms with Gasteiger partial charge in [0.25, 0.3) is 0 Å². The zero-order valence-electron chi connectivity index (χ0n) is 10.9. The minimum Gasteiger partial charge on any atom is -0.504 e. The van der Waals surface area contributed by atoms with Gasteiger partial charge in [-0.05, 0) is 42.3 Å². The number of methoxy groups -OCH3 is 1. The van der Waals surface area contributed by atoms with E-state index in [2.05, 4.69) is 5.32 Å². The van der Waals surface area contributed by atoms with Crippen molar-refractivity contribution < 1.29 is 14.2 Å². The summed E-state index contributed by atoms with van der Waals surface area (Å²) >= 11 is 0. The van der Waals surface area contributed by atoms with Gasteiger partial charge in [-0.3, -0.25) is 0 Å². The summed E-state index contributed by atoms with van der Waals surface area (Å²) in [4.78, 5) is 0. The van der Waals surface area contributed by atoms with Gasteiger partial charge in [-0.2, -0.15) is 0 Å². The van der Waals surface area contributed by atoms with E-state index in [1.807, 2.05) is 12.1 Å². The van der Waals surface area contributed by atoms with Crippen molar-refractivity contribution in [1.29, 1.82) is 0 Å². The third-order valence-corrected chi connectivity index (χ3v) is 2.91. The molecule has 19 heavy (non-hydrogen) atoms. The van der Waals surface area contributed by atoms with Crippen molar-refractivity contribution in [2.75, 3.05) is 12.4 Å². The fourth-order valence-electron chi connectivity index (χ4n) is 1.75. The van der Waals surface area contributed by atoms with Gasteiger partial charge in [0.15, 0.2) is 11.5 Å². The van der Waals surface area contributed by atoms with Gasteiger partial charge < -0.3 is 15.2 Å². The number of rotatable bonds is 4. The second-order valence-corrected chi connectivity index (χ2v) is 4.32. The van der Waals surface area contributed by atoms with Crippen molar-refractivity contribution in [1.82, 2.24) is 0 Å². The lowest BCUT2D eigenvalue weighted by Gasteiger charge is -2.09. The summed E-state index contributed by atoms with van der Waals surface area (Å²) in [6, 6.07) is 10.2.